The molecule has 8 heteroatoms. The highest BCUT2D eigenvalue weighted by Gasteiger charge is 2.20. The second-order valence-electron chi connectivity index (χ2n) is 5.51. The molecule has 0 saturated heterocycles. The zero-order chi connectivity index (χ0) is 18.1. The van der Waals surface area contributed by atoms with Crippen LogP contribution in [0.25, 0.3) is 16.2 Å². The molecule has 3 heterocycles. The van der Waals surface area contributed by atoms with Crippen molar-refractivity contribution in [3.8, 4) is 11.3 Å². The van der Waals surface area contributed by atoms with Gasteiger partial charge in [0.1, 0.15) is 23.6 Å². The van der Waals surface area contributed by atoms with E-state index >= 15 is 0 Å². The molecule has 1 N–H and O–H groups in total. The Morgan fingerprint density at radius 2 is 2.08 bits per heavy atom. The van der Waals surface area contributed by atoms with Crippen LogP contribution in [0.3, 0.4) is 0 Å². The average Bonchev–Trinajstić information content (AvgIpc) is 3.19. The molecule has 0 bridgehead atoms. The van der Waals surface area contributed by atoms with Gasteiger partial charge in [-0.2, -0.15) is 0 Å². The van der Waals surface area contributed by atoms with Crippen LogP contribution in [0.2, 0.25) is 0 Å². The molecule has 0 aliphatic rings. The Kier molecular flexibility index (Phi) is 4.68. The number of aromatic nitrogens is 3. The van der Waals surface area contributed by atoms with Crippen molar-refractivity contribution in [1.29, 1.82) is 0 Å². The van der Waals surface area contributed by atoms with E-state index in [2.05, 4.69) is 32.9 Å². The van der Waals surface area contributed by atoms with Crippen LogP contribution >= 0.6 is 33.9 Å². The molecule has 4 rings (SSSR count). The molecular formula is C18H12FIN4OS. The second kappa shape index (κ2) is 7.12. The number of nitrogens with zero attached hydrogens (tertiary/aromatic N) is 3. The zero-order valence-electron chi connectivity index (χ0n) is 13.3. The number of nitrogens with one attached hydrogen (secondary N) is 1. The van der Waals surface area contributed by atoms with Crippen molar-refractivity contribution >= 4 is 56.7 Å². The van der Waals surface area contributed by atoms with E-state index in [9.17, 15) is 9.18 Å². The van der Waals surface area contributed by atoms with Crippen LogP contribution < -0.4 is 5.32 Å². The molecule has 4 aromatic rings. The lowest BCUT2D eigenvalue weighted by Gasteiger charge is -2.10. The van der Waals surface area contributed by atoms with Gasteiger partial charge in [0.05, 0.1) is 0 Å². The fourth-order valence-corrected chi connectivity index (χ4v) is 4.18. The SMILES string of the molecule is O=CCc1csc2nc(-c3ccncc3I)c(Nc3ccc(F)cc3)n12. The largest absolute Gasteiger partial charge is 0.339 e. The minimum Gasteiger partial charge on any atom is -0.339 e. The Labute approximate surface area is 166 Å². The number of fused-ring (bicyclic) bond motifs is 1. The molecule has 0 aliphatic heterocycles. The van der Waals surface area contributed by atoms with E-state index in [1.807, 2.05) is 15.8 Å². The summed E-state index contributed by atoms with van der Waals surface area (Å²) in [4.78, 5) is 20.7. The number of hydrogen-bond acceptors (Lipinski definition) is 5. The minimum atomic E-state index is -0.296. The van der Waals surface area contributed by atoms with Crippen molar-refractivity contribution in [2.24, 2.45) is 0 Å². The molecule has 0 atom stereocenters. The molecule has 5 nitrogen and oxygen atoms in total. The summed E-state index contributed by atoms with van der Waals surface area (Å²) in [7, 11) is 0. The van der Waals surface area contributed by atoms with Gasteiger partial charge < -0.3 is 10.1 Å². The summed E-state index contributed by atoms with van der Waals surface area (Å²) in [5.41, 5.74) is 3.30. The van der Waals surface area contributed by atoms with Crippen LogP contribution in [-0.4, -0.2) is 20.7 Å². The molecule has 130 valence electrons. The summed E-state index contributed by atoms with van der Waals surface area (Å²) in [5.74, 6) is 0.448. The van der Waals surface area contributed by atoms with Crippen LogP contribution in [0.4, 0.5) is 15.9 Å². The standard InChI is InChI=1S/C18H12FIN4OS/c19-11-1-3-12(4-2-11)22-17-16(14-5-7-21-9-15(14)20)23-18-24(17)13(6-8-25)10-26-18/h1-5,7-10,22H,6H2. The lowest BCUT2D eigenvalue weighted by Crippen LogP contribution is -2.00. The average molecular weight is 478 g/mol. The van der Waals surface area contributed by atoms with Crippen LogP contribution in [0.1, 0.15) is 5.69 Å². The van der Waals surface area contributed by atoms with Crippen molar-refractivity contribution < 1.29 is 9.18 Å². The predicted octanol–water partition coefficient (Wildman–Crippen LogP) is 4.69. The lowest BCUT2D eigenvalue weighted by atomic mass is 10.2. The van der Waals surface area contributed by atoms with E-state index < -0.39 is 0 Å². The van der Waals surface area contributed by atoms with Crippen molar-refractivity contribution in [2.75, 3.05) is 5.32 Å². The fraction of sp³-hybridized carbons (Fsp3) is 0.0556. The summed E-state index contributed by atoms with van der Waals surface area (Å²) < 4.78 is 16.1. The number of carbonyl (C=O) groups is 1. The first-order chi connectivity index (χ1) is 12.7. The van der Waals surface area contributed by atoms with Crippen LogP contribution in [0.5, 0.6) is 0 Å². The number of benzene rings is 1. The molecule has 3 aromatic heterocycles. The normalized spacial score (nSPS) is 11.0. The number of thiazole rings is 1. The van der Waals surface area contributed by atoms with Crippen LogP contribution in [0.15, 0.2) is 48.1 Å². The van der Waals surface area contributed by atoms with Gasteiger partial charge in [0.2, 0.25) is 0 Å². The summed E-state index contributed by atoms with van der Waals surface area (Å²) in [6, 6.07) is 8.04. The van der Waals surface area contributed by atoms with Gasteiger partial charge in [0, 0.05) is 44.7 Å². The van der Waals surface area contributed by atoms with Gasteiger partial charge in [-0.25, -0.2) is 9.37 Å². The molecule has 1 aromatic carbocycles. The maximum absolute atomic E-state index is 13.2. The third-order valence-corrected chi connectivity index (χ3v) is 5.60. The maximum atomic E-state index is 13.2. The molecule has 0 aliphatic carbocycles. The Hall–Kier alpha value is -2.33. The third kappa shape index (κ3) is 3.10. The number of hydrogen-bond donors (Lipinski definition) is 1. The molecule has 0 radical (unpaired) electrons. The smallest absolute Gasteiger partial charge is 0.196 e. The van der Waals surface area contributed by atoms with Gasteiger partial charge in [0.25, 0.3) is 0 Å². The van der Waals surface area contributed by atoms with Gasteiger partial charge >= 0.3 is 0 Å². The number of carbonyl (C=O) groups excluding carboxylic acids is 1. The number of pyridine rings is 1. The summed E-state index contributed by atoms with van der Waals surface area (Å²) in [6.45, 7) is 0. The highest BCUT2D eigenvalue weighted by Crippen LogP contribution is 2.36. The molecular weight excluding hydrogens is 466 g/mol. The van der Waals surface area contributed by atoms with Crippen molar-refractivity contribution in [3.05, 3.63) is 63.2 Å². The highest BCUT2D eigenvalue weighted by molar-refractivity contribution is 14.1. The van der Waals surface area contributed by atoms with Crippen LogP contribution in [-0.2, 0) is 11.2 Å². The first-order valence-electron chi connectivity index (χ1n) is 7.72. The van der Waals surface area contributed by atoms with Gasteiger partial charge in [-0.3, -0.25) is 9.38 Å². The van der Waals surface area contributed by atoms with Crippen molar-refractivity contribution in [2.45, 2.75) is 6.42 Å². The predicted molar refractivity (Wildman–Crippen MR) is 108 cm³/mol. The van der Waals surface area contributed by atoms with E-state index in [1.54, 1.807) is 24.5 Å². The first kappa shape index (κ1) is 17.1. The Morgan fingerprint density at radius 3 is 2.81 bits per heavy atom. The third-order valence-electron chi connectivity index (χ3n) is 3.86. The van der Waals surface area contributed by atoms with E-state index in [0.29, 0.717) is 6.42 Å². The quantitative estimate of drug-likeness (QED) is 0.334. The van der Waals surface area contributed by atoms with E-state index in [0.717, 1.165) is 43.3 Å². The molecule has 26 heavy (non-hydrogen) atoms. The summed E-state index contributed by atoms with van der Waals surface area (Å²) in [6.07, 6.45) is 4.66. The Balaban J connectivity index is 1.92. The molecule has 0 amide bonds. The van der Waals surface area contributed by atoms with E-state index in [4.69, 9.17) is 4.98 Å². The number of halogens is 2. The van der Waals surface area contributed by atoms with Gasteiger partial charge in [-0.05, 0) is 52.9 Å². The number of imidazole rings is 1. The van der Waals surface area contributed by atoms with Gasteiger partial charge in [-0.15, -0.1) is 11.3 Å². The molecule has 0 fully saturated rings. The van der Waals surface area contributed by atoms with Crippen molar-refractivity contribution in [1.82, 2.24) is 14.4 Å². The second-order valence-corrected chi connectivity index (χ2v) is 7.51. The first-order valence-corrected chi connectivity index (χ1v) is 9.68. The minimum absolute atomic E-state index is 0.293. The van der Waals surface area contributed by atoms with E-state index in [1.165, 1.54) is 23.5 Å². The van der Waals surface area contributed by atoms with E-state index in [-0.39, 0.29) is 5.82 Å². The number of aldehydes is 1. The zero-order valence-corrected chi connectivity index (χ0v) is 16.3. The van der Waals surface area contributed by atoms with Gasteiger partial charge in [-0.1, -0.05) is 0 Å². The monoisotopic (exact) mass is 478 g/mol. The number of rotatable bonds is 5. The maximum Gasteiger partial charge on any atom is 0.196 e. The Morgan fingerprint density at radius 1 is 1.27 bits per heavy atom. The molecule has 0 spiro atoms. The Bertz CT molecular complexity index is 1090. The lowest BCUT2D eigenvalue weighted by molar-refractivity contribution is -0.107. The fourth-order valence-electron chi connectivity index (χ4n) is 2.68. The summed E-state index contributed by atoms with van der Waals surface area (Å²) >= 11 is 3.70. The van der Waals surface area contributed by atoms with Crippen molar-refractivity contribution in [3.63, 3.8) is 0 Å². The number of anilines is 2. The molecule has 0 saturated carbocycles. The van der Waals surface area contributed by atoms with Crippen LogP contribution in [0, 0.1) is 9.39 Å². The highest BCUT2D eigenvalue weighted by atomic mass is 127. The molecule has 0 unspecified atom stereocenters. The topological polar surface area (TPSA) is 59.3 Å². The summed E-state index contributed by atoms with van der Waals surface area (Å²) in [5, 5.41) is 5.26. The van der Waals surface area contributed by atoms with Gasteiger partial charge in [0.15, 0.2) is 4.96 Å².